The number of aromatic nitrogens is 1. The van der Waals surface area contributed by atoms with E-state index in [1.165, 1.54) is 0 Å². The number of ether oxygens (including phenoxy) is 1. The van der Waals surface area contributed by atoms with Crippen LogP contribution in [0, 0.1) is 0 Å². The maximum atomic E-state index is 12.0. The van der Waals surface area contributed by atoms with Crippen LogP contribution in [-0.2, 0) is 4.74 Å². The van der Waals surface area contributed by atoms with Crippen molar-refractivity contribution in [3.05, 3.63) is 5.56 Å². The second-order valence-electron chi connectivity index (χ2n) is 4.28. The molecule has 1 aromatic rings. The van der Waals surface area contributed by atoms with Crippen LogP contribution in [0.5, 0.6) is 0 Å². The number of carbonyl (C=O) groups excluding carboxylic acids is 1. The van der Waals surface area contributed by atoms with E-state index < -0.39 is 0 Å². The lowest BCUT2D eigenvalue weighted by Crippen LogP contribution is -2.26. The molecular weight excluding hydrogens is 268 g/mol. The normalized spacial score (nSPS) is 14.4. The third-order valence-corrected chi connectivity index (χ3v) is 3.44. The first-order valence-electron chi connectivity index (χ1n) is 6.21. The zero-order valence-electron chi connectivity index (χ0n) is 10.5. The summed E-state index contributed by atoms with van der Waals surface area (Å²) in [5.74, 6) is 0.0782. The molecule has 1 aliphatic carbocycles. The highest BCUT2D eigenvalue weighted by molar-refractivity contribution is 7.11. The van der Waals surface area contributed by atoms with Crippen LogP contribution in [0.2, 0.25) is 0 Å². The predicted octanol–water partition coefficient (Wildman–Crippen LogP) is 0.0383. The maximum absolute atomic E-state index is 12.0. The minimum Gasteiger partial charge on any atom is -0.394 e. The molecule has 19 heavy (non-hydrogen) atoms. The van der Waals surface area contributed by atoms with Crippen LogP contribution in [0.3, 0.4) is 0 Å². The van der Waals surface area contributed by atoms with Crippen LogP contribution in [0.1, 0.15) is 23.2 Å². The van der Waals surface area contributed by atoms with Gasteiger partial charge < -0.3 is 26.2 Å². The largest absolute Gasteiger partial charge is 0.394 e. The second kappa shape index (κ2) is 6.69. The van der Waals surface area contributed by atoms with Gasteiger partial charge in [0.15, 0.2) is 5.82 Å². The number of nitrogens with one attached hydrogen (secondary N) is 2. The fourth-order valence-corrected chi connectivity index (χ4v) is 2.27. The third-order valence-electron chi connectivity index (χ3n) is 2.63. The number of carbonyl (C=O) groups is 1. The number of anilines is 2. The van der Waals surface area contributed by atoms with Crippen LogP contribution < -0.4 is 16.4 Å². The molecule has 1 aromatic heterocycles. The van der Waals surface area contributed by atoms with Crippen molar-refractivity contribution in [3.63, 3.8) is 0 Å². The molecule has 0 unspecified atom stereocenters. The Morgan fingerprint density at radius 3 is 3.00 bits per heavy atom. The highest BCUT2D eigenvalue weighted by atomic mass is 32.1. The highest BCUT2D eigenvalue weighted by Crippen LogP contribution is 2.28. The summed E-state index contributed by atoms with van der Waals surface area (Å²) < 4.78 is 9.12. The molecule has 0 saturated heterocycles. The van der Waals surface area contributed by atoms with Gasteiger partial charge in [-0.15, -0.1) is 0 Å². The molecule has 1 amide bonds. The number of rotatable bonds is 8. The Hall–Kier alpha value is -1.38. The molecule has 106 valence electrons. The summed E-state index contributed by atoms with van der Waals surface area (Å²) in [7, 11) is 0. The van der Waals surface area contributed by atoms with Crippen molar-refractivity contribution in [2.75, 3.05) is 37.4 Å². The summed E-state index contributed by atoms with van der Waals surface area (Å²) in [6.07, 6.45) is 2.06. The molecular formula is C11H18N4O3S. The van der Waals surface area contributed by atoms with Gasteiger partial charge in [0.2, 0.25) is 0 Å². The van der Waals surface area contributed by atoms with Crippen molar-refractivity contribution in [2.45, 2.75) is 18.9 Å². The van der Waals surface area contributed by atoms with E-state index >= 15 is 0 Å². The van der Waals surface area contributed by atoms with E-state index in [-0.39, 0.29) is 24.4 Å². The number of hydrogen-bond acceptors (Lipinski definition) is 7. The van der Waals surface area contributed by atoms with E-state index in [1.54, 1.807) is 0 Å². The van der Waals surface area contributed by atoms with Crippen molar-refractivity contribution in [1.29, 1.82) is 0 Å². The molecule has 1 aliphatic rings. The number of nitrogens with zero attached hydrogens (tertiary/aromatic N) is 1. The molecule has 7 nitrogen and oxygen atoms in total. The summed E-state index contributed by atoms with van der Waals surface area (Å²) in [5, 5.41) is 15.2. The van der Waals surface area contributed by atoms with Gasteiger partial charge in [0.25, 0.3) is 5.91 Å². The maximum Gasteiger partial charge on any atom is 0.258 e. The molecule has 0 radical (unpaired) electrons. The van der Waals surface area contributed by atoms with Crippen molar-refractivity contribution < 1.29 is 14.6 Å². The summed E-state index contributed by atoms with van der Waals surface area (Å²) in [4.78, 5) is 12.0. The molecule has 0 spiro atoms. The van der Waals surface area contributed by atoms with Crippen molar-refractivity contribution in [3.8, 4) is 0 Å². The Bertz CT molecular complexity index is 434. The van der Waals surface area contributed by atoms with Crippen LogP contribution >= 0.6 is 11.5 Å². The highest BCUT2D eigenvalue weighted by Gasteiger charge is 2.27. The Morgan fingerprint density at radius 1 is 1.53 bits per heavy atom. The van der Waals surface area contributed by atoms with Gasteiger partial charge in [-0.3, -0.25) is 4.79 Å². The minimum absolute atomic E-state index is 0.00253. The quantitative estimate of drug-likeness (QED) is 0.502. The fourth-order valence-electron chi connectivity index (χ4n) is 1.53. The molecule has 5 N–H and O–H groups in total. The molecule has 2 rings (SSSR count). The fraction of sp³-hybridized carbons (Fsp3) is 0.636. The van der Waals surface area contributed by atoms with Crippen molar-refractivity contribution in [2.24, 2.45) is 0 Å². The number of hydrogen-bond donors (Lipinski definition) is 4. The minimum atomic E-state index is -0.174. The molecule has 8 heteroatoms. The molecule has 0 bridgehead atoms. The van der Waals surface area contributed by atoms with Crippen molar-refractivity contribution >= 4 is 28.3 Å². The molecule has 1 fully saturated rings. The lowest BCUT2D eigenvalue weighted by atomic mass is 10.3. The van der Waals surface area contributed by atoms with Gasteiger partial charge in [-0.25, -0.2) is 0 Å². The van der Waals surface area contributed by atoms with Gasteiger partial charge in [0, 0.05) is 12.6 Å². The second-order valence-corrected chi connectivity index (χ2v) is 5.06. The van der Waals surface area contributed by atoms with Gasteiger partial charge in [0.1, 0.15) is 10.6 Å². The molecule has 1 heterocycles. The first kappa shape index (κ1) is 14.0. The summed E-state index contributed by atoms with van der Waals surface area (Å²) in [6, 6.07) is 0.285. The average Bonchev–Trinajstić information content (AvgIpc) is 3.11. The number of nitrogens with two attached hydrogens (primary N) is 1. The monoisotopic (exact) mass is 286 g/mol. The van der Waals surface area contributed by atoms with E-state index in [2.05, 4.69) is 15.0 Å². The van der Waals surface area contributed by atoms with Gasteiger partial charge >= 0.3 is 0 Å². The zero-order chi connectivity index (χ0) is 13.7. The summed E-state index contributed by atoms with van der Waals surface area (Å²) in [6.45, 7) is 1.29. The molecule has 0 atom stereocenters. The summed E-state index contributed by atoms with van der Waals surface area (Å²) in [5.41, 5.74) is 6.14. The topological polar surface area (TPSA) is 110 Å². The van der Waals surface area contributed by atoms with Gasteiger partial charge in [-0.2, -0.15) is 4.37 Å². The van der Waals surface area contributed by atoms with E-state index in [9.17, 15) is 4.79 Å². The lowest BCUT2D eigenvalue weighted by molar-refractivity contribution is 0.0952. The number of nitrogen functional groups attached to an aromatic ring is 1. The van der Waals surface area contributed by atoms with E-state index in [1.807, 2.05) is 0 Å². The van der Waals surface area contributed by atoms with Crippen LogP contribution in [-0.4, -0.2) is 47.8 Å². The third kappa shape index (κ3) is 4.05. The number of aliphatic hydroxyl groups is 1. The first-order chi connectivity index (χ1) is 9.22. The Morgan fingerprint density at radius 2 is 2.32 bits per heavy atom. The van der Waals surface area contributed by atoms with Crippen molar-refractivity contribution in [1.82, 2.24) is 9.69 Å². The van der Waals surface area contributed by atoms with Gasteiger partial charge in [-0.05, 0) is 24.4 Å². The van der Waals surface area contributed by atoms with Crippen LogP contribution in [0.25, 0.3) is 0 Å². The SMILES string of the molecule is Nc1nsc(NCCOCCO)c1C(=O)NC1CC1. The number of aliphatic hydroxyl groups excluding tert-OH is 1. The predicted molar refractivity (Wildman–Crippen MR) is 73.4 cm³/mol. The number of amides is 1. The Balaban J connectivity index is 1.87. The van der Waals surface area contributed by atoms with E-state index in [4.69, 9.17) is 15.6 Å². The lowest BCUT2D eigenvalue weighted by Gasteiger charge is -2.07. The van der Waals surface area contributed by atoms with Crippen LogP contribution in [0.15, 0.2) is 0 Å². The molecule has 0 aromatic carbocycles. The smallest absolute Gasteiger partial charge is 0.258 e. The average molecular weight is 286 g/mol. The van der Waals surface area contributed by atoms with Crippen LogP contribution in [0.4, 0.5) is 10.8 Å². The molecule has 0 aliphatic heterocycles. The first-order valence-corrected chi connectivity index (χ1v) is 6.98. The molecule has 1 saturated carbocycles. The van der Waals surface area contributed by atoms with E-state index in [0.29, 0.717) is 30.3 Å². The Labute approximate surface area is 115 Å². The van der Waals surface area contributed by atoms with Gasteiger partial charge in [0.05, 0.1) is 19.8 Å². The van der Waals surface area contributed by atoms with E-state index in [0.717, 1.165) is 24.4 Å². The van der Waals surface area contributed by atoms with Gasteiger partial charge in [-0.1, -0.05) is 0 Å². The summed E-state index contributed by atoms with van der Waals surface area (Å²) >= 11 is 1.16. The zero-order valence-corrected chi connectivity index (χ0v) is 11.3. The Kier molecular flexibility index (Phi) is 4.94. The standard InChI is InChI=1S/C11H18N4O3S/c12-9-8(10(17)14-7-1-2-7)11(19-15-9)13-3-5-18-6-4-16/h7,13,16H,1-6H2,(H2,12,15)(H,14,17).